The molecule has 7 heteroatoms. The lowest BCUT2D eigenvalue weighted by Gasteiger charge is -2.58. The highest BCUT2D eigenvalue weighted by atomic mass is 16.5. The van der Waals surface area contributed by atoms with Crippen LogP contribution in [0.2, 0.25) is 0 Å². The molecule has 0 radical (unpaired) electrons. The second kappa shape index (κ2) is 17.3. The van der Waals surface area contributed by atoms with Gasteiger partial charge < -0.3 is 24.8 Å². The molecule has 5 saturated carbocycles. The van der Waals surface area contributed by atoms with Crippen molar-refractivity contribution in [3.8, 4) is 5.75 Å². The maximum atomic E-state index is 14.6. The average molecular weight is 790 g/mol. The predicted molar refractivity (Wildman–Crippen MR) is 229 cm³/mol. The molecular weight excluding hydrogens is 723 g/mol. The molecule has 0 heterocycles. The third-order valence-corrected chi connectivity index (χ3v) is 15.4. The molecule has 0 saturated heterocycles. The van der Waals surface area contributed by atoms with Crippen LogP contribution in [0.4, 0.5) is 0 Å². The van der Waals surface area contributed by atoms with Gasteiger partial charge in [0.15, 0.2) is 5.78 Å². The first-order chi connectivity index (χ1) is 27.9. The molecule has 10 rings (SSSR count). The average Bonchev–Trinajstić information content (AvgIpc) is 3.44. The lowest BCUT2D eigenvalue weighted by molar-refractivity contribution is -0.115. The number of ether oxygens (including phenoxy) is 2. The zero-order valence-corrected chi connectivity index (χ0v) is 35.2. The Labute approximate surface area is 346 Å². The molecule has 58 heavy (non-hydrogen) atoms. The minimum absolute atomic E-state index is 0.0447. The van der Waals surface area contributed by atoms with E-state index in [1.165, 1.54) is 44.1 Å². The molecule has 7 aliphatic rings. The first-order valence-electron chi connectivity index (χ1n) is 22.3. The lowest BCUT2D eigenvalue weighted by Crippen LogP contribution is -2.57. The van der Waals surface area contributed by atoms with Gasteiger partial charge in [0, 0.05) is 36.2 Å². The summed E-state index contributed by atoms with van der Waals surface area (Å²) in [5.41, 5.74) is 4.17. The number of aliphatic hydroxyl groups excluding tert-OH is 2. The summed E-state index contributed by atoms with van der Waals surface area (Å²) in [5.74, 6) is 3.02. The number of ketones is 1. The summed E-state index contributed by atoms with van der Waals surface area (Å²) in [6, 6.07) is 23.7. The van der Waals surface area contributed by atoms with Crippen LogP contribution >= 0.6 is 0 Å². The molecule has 0 aliphatic heterocycles. The summed E-state index contributed by atoms with van der Waals surface area (Å²) < 4.78 is 11.5. The number of carbonyl (C=O) groups is 1. The molecule has 5 atom stereocenters. The zero-order chi connectivity index (χ0) is 40.5. The van der Waals surface area contributed by atoms with Gasteiger partial charge in [-0.3, -0.25) is 9.69 Å². The van der Waals surface area contributed by atoms with Crippen LogP contribution in [-0.4, -0.2) is 77.2 Å². The van der Waals surface area contributed by atoms with Crippen molar-refractivity contribution in [1.29, 1.82) is 0 Å². The third kappa shape index (κ3) is 8.90. The van der Waals surface area contributed by atoms with E-state index in [9.17, 15) is 20.1 Å². The van der Waals surface area contributed by atoms with E-state index < -0.39 is 23.2 Å². The Bertz CT molecular complexity index is 1870. The van der Waals surface area contributed by atoms with Crippen molar-refractivity contribution in [3.63, 3.8) is 0 Å². The van der Waals surface area contributed by atoms with E-state index in [1.54, 1.807) is 7.11 Å². The third-order valence-electron chi connectivity index (χ3n) is 15.4. The number of benzene rings is 3. The zero-order valence-electron chi connectivity index (χ0n) is 35.2. The molecule has 3 N–H and O–H groups in total. The van der Waals surface area contributed by atoms with Gasteiger partial charge in [0.2, 0.25) is 0 Å². The van der Waals surface area contributed by atoms with Crippen LogP contribution in [-0.2, 0) is 17.8 Å². The number of carbonyl (C=O) groups excluding carboxylic acids is 1. The minimum atomic E-state index is -1.06. The van der Waals surface area contributed by atoms with Crippen LogP contribution in [0.5, 0.6) is 5.75 Å². The molecular formula is C51H67NO6. The topological polar surface area (TPSA) is 99.5 Å². The highest BCUT2D eigenvalue weighted by molar-refractivity contribution is 6.10. The minimum Gasteiger partial charge on any atom is -0.497 e. The van der Waals surface area contributed by atoms with Crippen molar-refractivity contribution in [2.45, 2.75) is 128 Å². The van der Waals surface area contributed by atoms with Crippen LogP contribution in [0, 0.1) is 28.6 Å². The fourth-order valence-corrected chi connectivity index (χ4v) is 12.8. The van der Waals surface area contributed by atoms with Crippen molar-refractivity contribution >= 4 is 5.78 Å². The summed E-state index contributed by atoms with van der Waals surface area (Å²) in [6.07, 6.45) is 13.9. The van der Waals surface area contributed by atoms with Gasteiger partial charge in [-0.15, -0.1) is 0 Å². The van der Waals surface area contributed by atoms with Crippen LogP contribution in [0.3, 0.4) is 0 Å². The summed E-state index contributed by atoms with van der Waals surface area (Å²) in [5, 5.41) is 36.1. The number of hydrogen-bond donors (Lipinski definition) is 3. The smallest absolute Gasteiger partial charge is 0.193 e. The fraction of sp³-hybridized carbons (Fsp3) is 0.588. The number of hydrogen-bond acceptors (Lipinski definition) is 7. The van der Waals surface area contributed by atoms with E-state index in [1.807, 2.05) is 60.7 Å². The van der Waals surface area contributed by atoms with Gasteiger partial charge >= 0.3 is 0 Å². The number of fused-ring (bicyclic) bond motifs is 8. The van der Waals surface area contributed by atoms with Crippen molar-refractivity contribution < 1.29 is 29.6 Å². The van der Waals surface area contributed by atoms with Crippen LogP contribution in [0.25, 0.3) is 0 Å². The maximum absolute atomic E-state index is 14.6. The second-order valence-electron chi connectivity index (χ2n) is 19.7. The van der Waals surface area contributed by atoms with Crippen molar-refractivity contribution in [2.24, 2.45) is 28.6 Å². The fourth-order valence-electron chi connectivity index (χ4n) is 12.8. The highest BCUT2D eigenvalue weighted by Crippen LogP contribution is 2.62. The number of nitrogens with zero attached hydrogens (tertiary/aromatic N) is 1. The molecule has 6 bridgehead atoms. The van der Waals surface area contributed by atoms with E-state index in [0.29, 0.717) is 55.8 Å². The lowest BCUT2D eigenvalue weighted by atomic mass is 9.49. The van der Waals surface area contributed by atoms with E-state index in [4.69, 9.17) is 9.47 Å². The maximum Gasteiger partial charge on any atom is 0.193 e. The normalized spacial score (nSPS) is 32.5. The molecule has 7 nitrogen and oxygen atoms in total. The largest absolute Gasteiger partial charge is 0.497 e. The quantitative estimate of drug-likeness (QED) is 0.117. The van der Waals surface area contributed by atoms with Gasteiger partial charge in [-0.1, -0.05) is 61.0 Å². The van der Waals surface area contributed by atoms with Gasteiger partial charge in [-0.2, -0.15) is 0 Å². The standard InChI is InChI=1S/C51H67NO6/c1-35-8-7-20-49(2)47(45-18-12-37(25-42(53)15-11-35)26-46(45)48(55)41-13-16-44(57-3)17-14-41)19-21-51(49,56)34-52(30-43(54)32-58-31-36-9-5-4-6-10-36)33-50-27-38-22-39(28-50)24-40(23-38)29-50/h4-6,8-10,12-14,16-18,26,38-40,42-43,47,53-54,56H,7,11,15,19-25,27-34H2,1-3H3/t38?,39?,40?,42-,43+,47-,49-,50?,51+/m0/s1. The van der Waals surface area contributed by atoms with Crippen molar-refractivity contribution in [2.75, 3.05) is 33.4 Å². The molecule has 0 aromatic heterocycles. The molecule has 7 aliphatic carbocycles. The first-order valence-corrected chi connectivity index (χ1v) is 22.3. The van der Waals surface area contributed by atoms with Gasteiger partial charge in [-0.25, -0.2) is 0 Å². The first kappa shape index (κ1) is 41.4. The van der Waals surface area contributed by atoms with E-state index in [-0.39, 0.29) is 23.7 Å². The number of rotatable bonds is 13. The molecule has 312 valence electrons. The Kier molecular flexibility index (Phi) is 12.4. The van der Waals surface area contributed by atoms with Crippen molar-refractivity contribution in [1.82, 2.24) is 4.90 Å². The van der Waals surface area contributed by atoms with Crippen molar-refractivity contribution in [3.05, 3.63) is 112 Å². The molecule has 3 aromatic rings. The molecule has 3 aromatic carbocycles. The Hall–Kier alpha value is -3.33. The number of aliphatic hydroxyl groups is 3. The SMILES string of the molecule is COc1ccc(C(=O)c2cc3ccc2[C@@H]2CC[C@@](O)(CN(C[C@@H](O)COCc4ccccc4)CC45CC6CC(CC(C6)C4)C5)[C@@]2(C)CCC=C(C)CC[C@H](O)C3)cc1. The molecule has 0 amide bonds. The van der Waals surface area contributed by atoms with Crippen LogP contribution < -0.4 is 4.74 Å². The molecule has 5 fully saturated rings. The van der Waals surface area contributed by atoms with E-state index >= 15 is 0 Å². The second-order valence-corrected chi connectivity index (χ2v) is 19.7. The molecule has 0 unspecified atom stereocenters. The van der Waals surface area contributed by atoms with E-state index in [0.717, 1.165) is 66.7 Å². The van der Waals surface area contributed by atoms with Gasteiger partial charge in [-0.05, 0) is 167 Å². The Morgan fingerprint density at radius 2 is 1.62 bits per heavy atom. The summed E-state index contributed by atoms with van der Waals surface area (Å²) in [6.45, 7) is 6.97. The number of methoxy groups -OCH3 is 1. The summed E-state index contributed by atoms with van der Waals surface area (Å²) in [7, 11) is 1.63. The Morgan fingerprint density at radius 3 is 2.31 bits per heavy atom. The van der Waals surface area contributed by atoms with Gasteiger partial charge in [0.1, 0.15) is 5.75 Å². The Balaban J connectivity index is 1.12. The van der Waals surface area contributed by atoms with Gasteiger partial charge in [0.05, 0.1) is 38.1 Å². The highest BCUT2D eigenvalue weighted by Gasteiger charge is 2.58. The molecule has 0 spiro atoms. The van der Waals surface area contributed by atoms with Crippen LogP contribution in [0.1, 0.15) is 129 Å². The summed E-state index contributed by atoms with van der Waals surface area (Å²) in [4.78, 5) is 17.0. The monoisotopic (exact) mass is 789 g/mol. The van der Waals surface area contributed by atoms with Crippen LogP contribution in [0.15, 0.2) is 84.4 Å². The Morgan fingerprint density at radius 1 is 0.914 bits per heavy atom. The number of allylic oxidation sites excluding steroid dienone is 2. The van der Waals surface area contributed by atoms with E-state index in [2.05, 4.69) is 37.0 Å². The summed E-state index contributed by atoms with van der Waals surface area (Å²) >= 11 is 0. The predicted octanol–water partition coefficient (Wildman–Crippen LogP) is 9.06. The van der Waals surface area contributed by atoms with Gasteiger partial charge in [0.25, 0.3) is 0 Å².